The van der Waals surface area contributed by atoms with Crippen molar-refractivity contribution in [3.8, 4) is 12.3 Å². The Labute approximate surface area is 232 Å². The summed E-state index contributed by atoms with van der Waals surface area (Å²) < 4.78 is 12.8. The number of aromatic nitrogens is 4. The number of imidazole rings is 1. The van der Waals surface area contributed by atoms with Crippen molar-refractivity contribution in [2.75, 3.05) is 30.3 Å². The molecule has 5 rings (SSSR count). The number of ether oxygens (including phenoxy) is 2. The number of carbonyl (C=O) groups excluding carboxylic acids is 1. The van der Waals surface area contributed by atoms with Crippen molar-refractivity contribution < 1.29 is 34.4 Å². The summed E-state index contributed by atoms with van der Waals surface area (Å²) in [6, 6.07) is 6.70. The molecule has 2 aromatic heterocycles. The number of hydrogen-bond acceptors (Lipinski definition) is 10. The Balaban J connectivity index is 1.30. The number of aliphatic hydroxyl groups is 2. The van der Waals surface area contributed by atoms with Crippen LogP contribution in [-0.4, -0.2) is 90.4 Å². The largest absolute Gasteiger partial charge is 0.479 e. The van der Waals surface area contributed by atoms with Crippen molar-refractivity contribution in [1.29, 1.82) is 0 Å². The number of rotatable bonds is 8. The number of nitrogen functional groups attached to an aromatic ring is 1. The van der Waals surface area contributed by atoms with Gasteiger partial charge in [-0.25, -0.2) is 14.6 Å². The monoisotopic (exact) mass is 571 g/mol. The van der Waals surface area contributed by atoms with Crippen molar-refractivity contribution in [3.63, 3.8) is 0 Å². The van der Waals surface area contributed by atoms with Crippen LogP contribution < -0.4 is 16.0 Å². The zero-order chi connectivity index (χ0) is 28.6. The van der Waals surface area contributed by atoms with Crippen LogP contribution in [0.25, 0.3) is 11.2 Å². The van der Waals surface area contributed by atoms with Crippen LogP contribution in [0, 0.1) is 12.3 Å². The van der Waals surface area contributed by atoms with E-state index in [1.807, 2.05) is 0 Å². The first-order valence-corrected chi connectivity index (χ1v) is 12.7. The van der Waals surface area contributed by atoms with Gasteiger partial charge in [0.2, 0.25) is 5.28 Å². The van der Waals surface area contributed by atoms with Crippen molar-refractivity contribution >= 4 is 46.3 Å². The molecular weight excluding hydrogens is 546 g/mol. The summed E-state index contributed by atoms with van der Waals surface area (Å²) in [5.41, 5.74) is 5.27. The molecule has 1 aromatic carbocycles. The Bertz CT molecular complexity index is 1480. The number of carboxylic acid groups (broad SMARTS) is 1. The van der Waals surface area contributed by atoms with E-state index in [1.165, 1.54) is 10.9 Å². The number of benzene rings is 1. The number of fused-ring (bicyclic) bond motifs is 1. The molecule has 210 valence electrons. The van der Waals surface area contributed by atoms with Gasteiger partial charge in [0.15, 0.2) is 29.4 Å². The van der Waals surface area contributed by atoms with Gasteiger partial charge in [-0.3, -0.25) is 9.47 Å². The fraction of sp³-hybridized carbons (Fsp3) is 0.400. The summed E-state index contributed by atoms with van der Waals surface area (Å²) in [7, 11) is 0. The van der Waals surface area contributed by atoms with Crippen LogP contribution in [0.5, 0.6) is 0 Å². The molecule has 0 radical (unpaired) electrons. The van der Waals surface area contributed by atoms with Gasteiger partial charge >= 0.3 is 12.0 Å². The minimum Gasteiger partial charge on any atom is -0.479 e. The SMILES string of the molecule is C#C[C@@]1(O)[C@@H](CO[C@@H](Cc2ccc(N3CCCNC3=O)cc2)C(=O)O)O[C@@H](n2cnc3c(N)nc(Cl)nc32)[C@@H]1O. The van der Waals surface area contributed by atoms with Crippen LogP contribution in [0.2, 0.25) is 5.28 Å². The molecule has 0 aliphatic carbocycles. The standard InChI is InChI=1S/C25H26ClN7O7/c1-2-25(38)16(40-21(18(25)34)33-12-29-17-19(27)30-23(26)31-20(17)33)11-39-15(22(35)36)10-13-4-6-14(7-5-13)32-9-3-8-28-24(32)37/h1,4-7,12,15-16,18,21,34,38H,3,8-11H2,(H,28,37)(H,35,36)(H2,27,30,31)/t15-,16+,18-,21+,25+/m0/s1. The van der Waals surface area contributed by atoms with Crippen LogP contribution in [0.15, 0.2) is 30.6 Å². The minimum absolute atomic E-state index is 0.00450. The van der Waals surface area contributed by atoms with E-state index in [9.17, 15) is 24.9 Å². The highest BCUT2D eigenvalue weighted by molar-refractivity contribution is 6.28. The molecule has 4 heterocycles. The third-order valence-electron chi connectivity index (χ3n) is 6.92. The zero-order valence-electron chi connectivity index (χ0n) is 21.0. The number of nitrogens with one attached hydrogen (secondary N) is 1. The third-order valence-corrected chi connectivity index (χ3v) is 7.08. The lowest BCUT2D eigenvalue weighted by Crippen LogP contribution is -2.48. The van der Waals surface area contributed by atoms with Crippen LogP contribution >= 0.6 is 11.6 Å². The Morgan fingerprint density at radius 2 is 2.12 bits per heavy atom. The zero-order valence-corrected chi connectivity index (χ0v) is 21.7. The fourth-order valence-electron chi connectivity index (χ4n) is 4.74. The Kier molecular flexibility index (Phi) is 7.49. The van der Waals surface area contributed by atoms with Gasteiger partial charge in [-0.1, -0.05) is 18.1 Å². The lowest BCUT2D eigenvalue weighted by molar-refractivity contribution is -0.156. The number of terminal acetylenes is 1. The smallest absolute Gasteiger partial charge is 0.333 e. The molecule has 6 N–H and O–H groups in total. The van der Waals surface area contributed by atoms with Gasteiger partial charge in [0, 0.05) is 25.2 Å². The quantitative estimate of drug-likeness (QED) is 0.184. The molecule has 2 aliphatic heterocycles. The Morgan fingerprint density at radius 1 is 1.38 bits per heavy atom. The van der Waals surface area contributed by atoms with Crippen LogP contribution in [0.4, 0.5) is 16.3 Å². The highest BCUT2D eigenvalue weighted by Crippen LogP contribution is 2.39. The summed E-state index contributed by atoms with van der Waals surface area (Å²) in [4.78, 5) is 37.7. The van der Waals surface area contributed by atoms with Gasteiger partial charge in [0.25, 0.3) is 0 Å². The van der Waals surface area contributed by atoms with E-state index >= 15 is 0 Å². The molecule has 0 bridgehead atoms. The number of carbonyl (C=O) groups is 2. The molecule has 2 amide bonds. The molecule has 15 heteroatoms. The Morgan fingerprint density at radius 3 is 2.80 bits per heavy atom. The number of hydrogen-bond donors (Lipinski definition) is 5. The normalized spacial score (nSPS) is 25.5. The number of aliphatic carboxylic acids is 1. The predicted molar refractivity (Wildman–Crippen MR) is 141 cm³/mol. The first-order chi connectivity index (χ1) is 19.1. The maximum atomic E-state index is 12.1. The van der Waals surface area contributed by atoms with E-state index in [2.05, 4.69) is 26.2 Å². The van der Waals surface area contributed by atoms with Crippen LogP contribution in [0.3, 0.4) is 0 Å². The van der Waals surface area contributed by atoms with Gasteiger partial charge < -0.3 is 35.8 Å². The molecule has 2 fully saturated rings. The van der Waals surface area contributed by atoms with E-state index in [-0.39, 0.29) is 34.7 Å². The molecule has 14 nitrogen and oxygen atoms in total. The highest BCUT2D eigenvalue weighted by Gasteiger charge is 2.56. The van der Waals surface area contributed by atoms with Gasteiger partial charge in [-0.05, 0) is 35.7 Å². The first kappa shape index (κ1) is 27.6. The number of anilines is 2. The molecule has 0 spiro atoms. The highest BCUT2D eigenvalue weighted by atomic mass is 35.5. The molecule has 2 aliphatic rings. The van der Waals surface area contributed by atoms with Crippen LogP contribution in [-0.2, 0) is 20.7 Å². The van der Waals surface area contributed by atoms with E-state index in [0.717, 1.165) is 6.42 Å². The van der Waals surface area contributed by atoms with E-state index < -0.39 is 42.7 Å². The molecule has 5 atom stereocenters. The lowest BCUT2D eigenvalue weighted by Gasteiger charge is -2.27. The maximum Gasteiger partial charge on any atom is 0.333 e. The van der Waals surface area contributed by atoms with E-state index in [1.54, 1.807) is 29.2 Å². The van der Waals surface area contributed by atoms with Gasteiger partial charge in [-0.15, -0.1) is 6.42 Å². The van der Waals surface area contributed by atoms with Crippen molar-refractivity contribution in [2.24, 2.45) is 0 Å². The summed E-state index contributed by atoms with van der Waals surface area (Å²) in [6.45, 7) is 0.751. The van der Waals surface area contributed by atoms with E-state index in [0.29, 0.717) is 24.3 Å². The lowest BCUT2D eigenvalue weighted by atomic mass is 9.93. The number of aliphatic hydroxyl groups excluding tert-OH is 1. The molecule has 2 saturated heterocycles. The fourth-order valence-corrected chi connectivity index (χ4v) is 4.91. The Hall–Kier alpha value is -4.00. The number of amides is 2. The summed E-state index contributed by atoms with van der Waals surface area (Å²) in [5.74, 6) is 0.901. The third kappa shape index (κ3) is 5.01. The number of urea groups is 1. The summed E-state index contributed by atoms with van der Waals surface area (Å²) in [5, 5.41) is 34.4. The average Bonchev–Trinajstić information content (AvgIpc) is 3.46. The second-order valence-electron chi connectivity index (χ2n) is 9.40. The van der Waals surface area contributed by atoms with Crippen molar-refractivity contribution in [1.82, 2.24) is 24.8 Å². The molecular formula is C25H26ClN7O7. The van der Waals surface area contributed by atoms with Crippen molar-refractivity contribution in [2.45, 2.75) is 43.0 Å². The second kappa shape index (κ2) is 10.9. The number of nitrogens with zero attached hydrogens (tertiary/aromatic N) is 5. The molecule has 40 heavy (non-hydrogen) atoms. The maximum absolute atomic E-state index is 12.1. The summed E-state index contributed by atoms with van der Waals surface area (Å²) in [6.07, 6.45) is 2.06. The van der Waals surface area contributed by atoms with E-state index in [4.69, 9.17) is 33.2 Å². The molecule has 0 saturated carbocycles. The first-order valence-electron chi connectivity index (χ1n) is 12.3. The second-order valence-corrected chi connectivity index (χ2v) is 9.74. The van der Waals surface area contributed by atoms with Gasteiger partial charge in [-0.2, -0.15) is 9.97 Å². The van der Waals surface area contributed by atoms with Gasteiger partial charge in [0.05, 0.1) is 12.9 Å². The summed E-state index contributed by atoms with van der Waals surface area (Å²) >= 11 is 5.92. The number of nitrogens with two attached hydrogens (primary N) is 1. The predicted octanol–water partition coefficient (Wildman–Crippen LogP) is 0.317. The minimum atomic E-state index is -2.23. The topological polar surface area (TPSA) is 198 Å². The van der Waals surface area contributed by atoms with Crippen LogP contribution in [0.1, 0.15) is 18.2 Å². The molecule has 0 unspecified atom stereocenters. The molecule has 3 aromatic rings. The number of halogens is 1. The van der Waals surface area contributed by atoms with Crippen molar-refractivity contribution in [3.05, 3.63) is 41.4 Å². The van der Waals surface area contributed by atoms with Gasteiger partial charge in [0.1, 0.15) is 17.7 Å². The average molecular weight is 572 g/mol. The number of carboxylic acids is 1.